The smallest absolute Gasteiger partial charge is 0.0968 e. The lowest BCUT2D eigenvalue weighted by Gasteiger charge is -2.20. The average Bonchev–Trinajstić information content (AvgIpc) is 2.15. The molecule has 0 amide bonds. The molecule has 2 nitrogen and oxygen atoms in total. The maximum Gasteiger partial charge on any atom is 0.0968 e. The molecule has 1 aliphatic rings. The maximum absolute atomic E-state index is 5.88. The fraction of sp³-hybridized carbons (Fsp3) is 0.900. The highest BCUT2D eigenvalue weighted by molar-refractivity contribution is 5.82. The van der Waals surface area contributed by atoms with E-state index in [1.54, 1.807) is 0 Å². The average molecular weight is 168 g/mol. The van der Waals surface area contributed by atoms with Gasteiger partial charge in [-0.15, -0.1) is 0 Å². The molecule has 0 aromatic carbocycles. The van der Waals surface area contributed by atoms with Crippen molar-refractivity contribution in [2.24, 2.45) is 16.6 Å². The van der Waals surface area contributed by atoms with Crippen LogP contribution < -0.4 is 5.73 Å². The van der Waals surface area contributed by atoms with Crippen LogP contribution >= 0.6 is 0 Å². The van der Waals surface area contributed by atoms with Crippen LogP contribution in [0.5, 0.6) is 0 Å². The van der Waals surface area contributed by atoms with Crippen molar-refractivity contribution in [2.75, 3.05) is 6.54 Å². The third-order valence-electron chi connectivity index (χ3n) is 2.54. The molecule has 0 heterocycles. The number of nitrogens with zero attached hydrogens (tertiary/aromatic N) is 1. The minimum Gasteiger partial charge on any atom is -0.387 e. The Kier molecular flexibility index (Phi) is 4.12. The Balaban J connectivity index is 2.33. The van der Waals surface area contributed by atoms with Gasteiger partial charge in [0.25, 0.3) is 0 Å². The molecule has 0 bridgehead atoms. The van der Waals surface area contributed by atoms with Crippen LogP contribution in [-0.4, -0.2) is 12.4 Å². The number of aliphatic imine (C=N–C) groups is 1. The second-order valence-electron chi connectivity index (χ2n) is 3.64. The van der Waals surface area contributed by atoms with Gasteiger partial charge < -0.3 is 5.73 Å². The van der Waals surface area contributed by atoms with Crippen LogP contribution in [-0.2, 0) is 0 Å². The highest BCUT2D eigenvalue weighted by Crippen LogP contribution is 2.23. The lowest BCUT2D eigenvalue weighted by Crippen LogP contribution is -2.26. The van der Waals surface area contributed by atoms with E-state index in [1.807, 2.05) is 0 Å². The number of nitrogens with two attached hydrogens (primary N) is 1. The quantitative estimate of drug-likeness (QED) is 0.510. The van der Waals surface area contributed by atoms with Gasteiger partial charge in [0.2, 0.25) is 0 Å². The van der Waals surface area contributed by atoms with Crippen LogP contribution in [0.3, 0.4) is 0 Å². The van der Waals surface area contributed by atoms with Gasteiger partial charge in [-0.3, -0.25) is 4.99 Å². The summed E-state index contributed by atoms with van der Waals surface area (Å²) >= 11 is 0. The summed E-state index contributed by atoms with van der Waals surface area (Å²) in [6.07, 6.45) is 7.70. The normalized spacial score (nSPS) is 21.2. The third kappa shape index (κ3) is 2.84. The standard InChI is InChI=1S/C10H20N2/c1-2-8-12-10(11)9-6-4-3-5-7-9/h9H,2-8H2,1H3,(H2,11,12). The molecular weight excluding hydrogens is 148 g/mol. The molecule has 1 fully saturated rings. The minimum atomic E-state index is 0.602. The first-order valence-electron chi connectivity index (χ1n) is 5.14. The molecule has 1 rings (SSSR count). The second-order valence-corrected chi connectivity index (χ2v) is 3.64. The van der Waals surface area contributed by atoms with Crippen molar-refractivity contribution in [2.45, 2.75) is 45.4 Å². The predicted octanol–water partition coefficient (Wildman–Crippen LogP) is 2.33. The van der Waals surface area contributed by atoms with E-state index >= 15 is 0 Å². The van der Waals surface area contributed by atoms with Crippen molar-refractivity contribution >= 4 is 5.84 Å². The first-order valence-corrected chi connectivity index (χ1v) is 5.14. The van der Waals surface area contributed by atoms with E-state index in [0.717, 1.165) is 18.8 Å². The van der Waals surface area contributed by atoms with Crippen molar-refractivity contribution < 1.29 is 0 Å². The molecule has 0 radical (unpaired) electrons. The van der Waals surface area contributed by atoms with Crippen LogP contribution in [0.15, 0.2) is 4.99 Å². The summed E-state index contributed by atoms with van der Waals surface area (Å²) in [6.45, 7) is 3.04. The van der Waals surface area contributed by atoms with Gasteiger partial charge >= 0.3 is 0 Å². The van der Waals surface area contributed by atoms with Crippen LogP contribution in [0, 0.1) is 5.92 Å². The number of hydrogen-bond acceptors (Lipinski definition) is 1. The lowest BCUT2D eigenvalue weighted by molar-refractivity contribution is 0.436. The zero-order valence-electron chi connectivity index (χ0n) is 8.05. The van der Waals surface area contributed by atoms with Gasteiger partial charge in [-0.2, -0.15) is 0 Å². The van der Waals surface area contributed by atoms with Gasteiger partial charge in [0.1, 0.15) is 0 Å². The molecule has 0 aromatic rings. The lowest BCUT2D eigenvalue weighted by atomic mass is 9.88. The highest BCUT2D eigenvalue weighted by Gasteiger charge is 2.16. The largest absolute Gasteiger partial charge is 0.387 e. The summed E-state index contributed by atoms with van der Waals surface area (Å²) in [6, 6.07) is 0. The van der Waals surface area contributed by atoms with Gasteiger partial charge in [-0.25, -0.2) is 0 Å². The molecule has 0 spiro atoms. The fourth-order valence-electron chi connectivity index (χ4n) is 1.77. The summed E-state index contributed by atoms with van der Waals surface area (Å²) in [4.78, 5) is 4.36. The van der Waals surface area contributed by atoms with Crippen molar-refractivity contribution in [1.82, 2.24) is 0 Å². The molecule has 0 saturated heterocycles. The van der Waals surface area contributed by atoms with Crippen LogP contribution in [0.4, 0.5) is 0 Å². The topological polar surface area (TPSA) is 38.4 Å². The van der Waals surface area contributed by atoms with Gasteiger partial charge in [0.05, 0.1) is 5.84 Å². The first kappa shape index (κ1) is 9.56. The molecule has 12 heavy (non-hydrogen) atoms. The summed E-state index contributed by atoms with van der Waals surface area (Å²) in [5.74, 6) is 1.52. The molecule has 0 aromatic heterocycles. The molecule has 0 atom stereocenters. The van der Waals surface area contributed by atoms with E-state index in [2.05, 4.69) is 11.9 Å². The molecule has 70 valence electrons. The Labute approximate surface area is 75.3 Å². The third-order valence-corrected chi connectivity index (χ3v) is 2.54. The molecule has 1 saturated carbocycles. The highest BCUT2D eigenvalue weighted by atomic mass is 14.9. The summed E-state index contributed by atoms with van der Waals surface area (Å²) in [5, 5.41) is 0. The summed E-state index contributed by atoms with van der Waals surface area (Å²) < 4.78 is 0. The van der Waals surface area contributed by atoms with E-state index in [4.69, 9.17) is 5.73 Å². The maximum atomic E-state index is 5.88. The van der Waals surface area contributed by atoms with Crippen LogP contribution in [0.2, 0.25) is 0 Å². The zero-order valence-corrected chi connectivity index (χ0v) is 8.05. The van der Waals surface area contributed by atoms with E-state index in [0.29, 0.717) is 5.92 Å². The van der Waals surface area contributed by atoms with Gasteiger partial charge in [-0.05, 0) is 19.3 Å². The molecule has 1 aliphatic carbocycles. The van der Waals surface area contributed by atoms with Gasteiger partial charge in [-0.1, -0.05) is 26.2 Å². The Morgan fingerprint density at radius 2 is 2.00 bits per heavy atom. The summed E-state index contributed by atoms with van der Waals surface area (Å²) in [5.41, 5.74) is 5.88. The predicted molar refractivity (Wildman–Crippen MR) is 53.4 cm³/mol. The Hall–Kier alpha value is -0.530. The number of rotatable bonds is 3. The van der Waals surface area contributed by atoms with Gasteiger partial charge in [0, 0.05) is 12.5 Å². The Morgan fingerprint density at radius 1 is 1.33 bits per heavy atom. The number of amidine groups is 1. The number of hydrogen-bond donors (Lipinski definition) is 1. The second kappa shape index (κ2) is 5.18. The van der Waals surface area contributed by atoms with E-state index in [1.165, 1.54) is 32.1 Å². The zero-order chi connectivity index (χ0) is 8.81. The molecule has 2 heteroatoms. The van der Waals surface area contributed by atoms with E-state index in [-0.39, 0.29) is 0 Å². The van der Waals surface area contributed by atoms with Crippen LogP contribution in [0.1, 0.15) is 45.4 Å². The fourth-order valence-corrected chi connectivity index (χ4v) is 1.77. The minimum absolute atomic E-state index is 0.602. The molecule has 2 N–H and O–H groups in total. The van der Waals surface area contributed by atoms with Crippen molar-refractivity contribution in [3.63, 3.8) is 0 Å². The summed E-state index contributed by atoms with van der Waals surface area (Å²) in [7, 11) is 0. The van der Waals surface area contributed by atoms with Crippen molar-refractivity contribution in [3.8, 4) is 0 Å². The van der Waals surface area contributed by atoms with E-state index < -0.39 is 0 Å². The van der Waals surface area contributed by atoms with Crippen LogP contribution in [0.25, 0.3) is 0 Å². The van der Waals surface area contributed by atoms with Crippen molar-refractivity contribution in [3.05, 3.63) is 0 Å². The Morgan fingerprint density at radius 3 is 2.58 bits per heavy atom. The molecular formula is C10H20N2. The Bertz CT molecular complexity index is 146. The molecule has 0 aliphatic heterocycles. The molecule has 0 unspecified atom stereocenters. The van der Waals surface area contributed by atoms with E-state index in [9.17, 15) is 0 Å². The van der Waals surface area contributed by atoms with Crippen molar-refractivity contribution in [1.29, 1.82) is 0 Å². The SMILES string of the molecule is CCCN=C(N)C1CCCCC1. The van der Waals surface area contributed by atoms with Gasteiger partial charge in [0.15, 0.2) is 0 Å². The monoisotopic (exact) mass is 168 g/mol. The first-order chi connectivity index (χ1) is 5.84.